The van der Waals surface area contributed by atoms with Gasteiger partial charge in [-0.05, 0) is 13.3 Å². The molecular formula is C14H21N5S. The molecule has 2 heterocycles. The summed E-state index contributed by atoms with van der Waals surface area (Å²) < 4.78 is 0. The van der Waals surface area contributed by atoms with Crippen LogP contribution in [0.3, 0.4) is 0 Å². The highest BCUT2D eigenvalue weighted by Crippen LogP contribution is 2.15. The summed E-state index contributed by atoms with van der Waals surface area (Å²) in [6.45, 7) is 7.89. The molecule has 0 bridgehead atoms. The van der Waals surface area contributed by atoms with Crippen LogP contribution in [0.25, 0.3) is 0 Å². The van der Waals surface area contributed by atoms with Crippen LogP contribution in [0.4, 0.5) is 11.6 Å². The number of hydrogen-bond donors (Lipinski definition) is 2. The minimum Gasteiger partial charge on any atom is -0.370 e. The van der Waals surface area contributed by atoms with Crippen LogP contribution in [-0.4, -0.2) is 21.5 Å². The maximum absolute atomic E-state index is 4.50. The van der Waals surface area contributed by atoms with E-state index in [1.165, 1.54) is 4.88 Å². The number of aryl methyl sites for hydroxylation is 2. The molecule has 0 aliphatic rings. The van der Waals surface area contributed by atoms with Gasteiger partial charge in [0.2, 0.25) is 0 Å². The first-order chi connectivity index (χ1) is 9.71. The summed E-state index contributed by atoms with van der Waals surface area (Å²) in [5.74, 6) is 2.59. The van der Waals surface area contributed by atoms with Crippen molar-refractivity contribution in [2.75, 3.05) is 17.2 Å². The van der Waals surface area contributed by atoms with Gasteiger partial charge in [-0.25, -0.2) is 15.0 Å². The molecule has 2 aromatic rings. The molecule has 0 saturated carbocycles. The van der Waals surface area contributed by atoms with E-state index in [2.05, 4.69) is 46.4 Å². The SMILES string of the molecule is CCCNc1cc(NCc2ncc(C)s2)nc(CC)n1. The Hall–Kier alpha value is -1.69. The summed E-state index contributed by atoms with van der Waals surface area (Å²) in [7, 11) is 0. The normalized spacial score (nSPS) is 10.6. The van der Waals surface area contributed by atoms with Crippen molar-refractivity contribution in [3.63, 3.8) is 0 Å². The Kier molecular flexibility index (Phi) is 5.29. The van der Waals surface area contributed by atoms with Crippen LogP contribution >= 0.6 is 11.3 Å². The fourth-order valence-corrected chi connectivity index (χ4v) is 2.47. The molecular weight excluding hydrogens is 270 g/mol. The molecule has 2 rings (SSSR count). The van der Waals surface area contributed by atoms with Crippen LogP contribution in [0.1, 0.15) is 36.0 Å². The highest BCUT2D eigenvalue weighted by Gasteiger charge is 2.04. The van der Waals surface area contributed by atoms with Gasteiger partial charge in [0.05, 0.1) is 6.54 Å². The van der Waals surface area contributed by atoms with Gasteiger partial charge in [-0.3, -0.25) is 0 Å². The quantitative estimate of drug-likeness (QED) is 0.820. The fraction of sp³-hybridized carbons (Fsp3) is 0.500. The van der Waals surface area contributed by atoms with E-state index < -0.39 is 0 Å². The molecule has 0 unspecified atom stereocenters. The maximum atomic E-state index is 4.50. The van der Waals surface area contributed by atoms with Crippen LogP contribution in [0, 0.1) is 6.92 Å². The molecule has 0 atom stereocenters. The third-order valence-electron chi connectivity index (χ3n) is 2.73. The predicted octanol–water partition coefficient (Wildman–Crippen LogP) is 3.24. The molecule has 0 aromatic carbocycles. The fourth-order valence-electron chi connectivity index (χ4n) is 1.74. The molecule has 2 aromatic heterocycles. The summed E-state index contributed by atoms with van der Waals surface area (Å²) in [5.41, 5.74) is 0. The van der Waals surface area contributed by atoms with Crippen LogP contribution in [0.2, 0.25) is 0 Å². The molecule has 0 radical (unpaired) electrons. The Labute approximate surface area is 123 Å². The van der Waals surface area contributed by atoms with Crippen molar-refractivity contribution in [3.05, 3.63) is 28.0 Å². The molecule has 0 aliphatic heterocycles. The Morgan fingerprint density at radius 1 is 1.15 bits per heavy atom. The smallest absolute Gasteiger partial charge is 0.132 e. The molecule has 0 fully saturated rings. The number of nitrogens with zero attached hydrogens (tertiary/aromatic N) is 3. The number of hydrogen-bond acceptors (Lipinski definition) is 6. The van der Waals surface area contributed by atoms with E-state index in [0.29, 0.717) is 6.54 Å². The van der Waals surface area contributed by atoms with Gasteiger partial charge in [0.15, 0.2) is 0 Å². The zero-order valence-electron chi connectivity index (χ0n) is 12.2. The monoisotopic (exact) mass is 291 g/mol. The predicted molar refractivity (Wildman–Crippen MR) is 84.4 cm³/mol. The van der Waals surface area contributed by atoms with Gasteiger partial charge in [0, 0.05) is 30.1 Å². The zero-order valence-corrected chi connectivity index (χ0v) is 13.0. The van der Waals surface area contributed by atoms with Crippen molar-refractivity contribution in [1.82, 2.24) is 15.0 Å². The largest absolute Gasteiger partial charge is 0.370 e. The van der Waals surface area contributed by atoms with Crippen molar-refractivity contribution >= 4 is 23.0 Å². The van der Waals surface area contributed by atoms with Gasteiger partial charge >= 0.3 is 0 Å². The summed E-state index contributed by atoms with van der Waals surface area (Å²) in [6.07, 6.45) is 3.80. The van der Waals surface area contributed by atoms with E-state index in [1.54, 1.807) is 11.3 Å². The van der Waals surface area contributed by atoms with Crippen LogP contribution in [0.15, 0.2) is 12.3 Å². The Balaban J connectivity index is 2.05. The van der Waals surface area contributed by atoms with Crippen LogP contribution < -0.4 is 10.6 Å². The first-order valence-electron chi connectivity index (χ1n) is 6.98. The number of thiazole rings is 1. The third-order valence-corrected chi connectivity index (χ3v) is 3.65. The second-order valence-electron chi connectivity index (χ2n) is 4.55. The lowest BCUT2D eigenvalue weighted by Gasteiger charge is -2.09. The highest BCUT2D eigenvalue weighted by atomic mass is 32.1. The Morgan fingerprint density at radius 2 is 1.90 bits per heavy atom. The van der Waals surface area contributed by atoms with E-state index in [-0.39, 0.29) is 0 Å². The first-order valence-corrected chi connectivity index (χ1v) is 7.80. The lowest BCUT2D eigenvalue weighted by molar-refractivity contribution is 0.912. The average molecular weight is 291 g/mol. The molecule has 0 amide bonds. The van der Waals surface area contributed by atoms with E-state index in [9.17, 15) is 0 Å². The summed E-state index contributed by atoms with van der Waals surface area (Å²) in [6, 6.07) is 1.95. The van der Waals surface area contributed by atoms with Gasteiger partial charge in [-0.2, -0.15) is 0 Å². The van der Waals surface area contributed by atoms with Crippen molar-refractivity contribution in [2.24, 2.45) is 0 Å². The number of anilines is 2. The van der Waals surface area contributed by atoms with E-state index in [4.69, 9.17) is 0 Å². The molecule has 2 N–H and O–H groups in total. The van der Waals surface area contributed by atoms with Crippen LogP contribution in [-0.2, 0) is 13.0 Å². The maximum Gasteiger partial charge on any atom is 0.132 e. The van der Waals surface area contributed by atoms with Gasteiger partial charge in [-0.1, -0.05) is 13.8 Å². The molecule has 108 valence electrons. The Morgan fingerprint density at radius 3 is 2.50 bits per heavy atom. The van der Waals surface area contributed by atoms with Gasteiger partial charge in [-0.15, -0.1) is 11.3 Å². The van der Waals surface area contributed by atoms with E-state index in [1.807, 2.05) is 12.3 Å². The number of rotatable bonds is 7. The van der Waals surface area contributed by atoms with Crippen molar-refractivity contribution < 1.29 is 0 Å². The average Bonchev–Trinajstić information content (AvgIpc) is 2.88. The summed E-state index contributed by atoms with van der Waals surface area (Å²) >= 11 is 1.70. The molecule has 0 spiro atoms. The summed E-state index contributed by atoms with van der Waals surface area (Å²) in [5, 5.41) is 7.70. The second kappa shape index (κ2) is 7.19. The first kappa shape index (κ1) is 14.7. The summed E-state index contributed by atoms with van der Waals surface area (Å²) in [4.78, 5) is 14.5. The highest BCUT2D eigenvalue weighted by molar-refractivity contribution is 7.11. The molecule has 0 aliphatic carbocycles. The molecule has 20 heavy (non-hydrogen) atoms. The third kappa shape index (κ3) is 4.16. The molecule has 5 nitrogen and oxygen atoms in total. The van der Waals surface area contributed by atoms with Gasteiger partial charge in [0.25, 0.3) is 0 Å². The number of nitrogens with one attached hydrogen (secondary N) is 2. The Bertz CT molecular complexity index is 552. The number of aromatic nitrogens is 3. The van der Waals surface area contributed by atoms with E-state index >= 15 is 0 Å². The lowest BCUT2D eigenvalue weighted by atomic mass is 10.4. The van der Waals surface area contributed by atoms with Crippen molar-refractivity contribution in [1.29, 1.82) is 0 Å². The van der Waals surface area contributed by atoms with Crippen molar-refractivity contribution in [3.8, 4) is 0 Å². The standard InChI is InChI=1S/C14H21N5S/c1-4-6-15-12-7-13(19-11(5-2)18-12)16-9-14-17-8-10(3)20-14/h7-8H,4-6,9H2,1-3H3,(H2,15,16,18,19). The minimum absolute atomic E-state index is 0.700. The van der Waals surface area contributed by atoms with Crippen molar-refractivity contribution in [2.45, 2.75) is 40.2 Å². The second-order valence-corrected chi connectivity index (χ2v) is 5.87. The van der Waals surface area contributed by atoms with E-state index in [0.717, 1.165) is 41.9 Å². The lowest BCUT2D eigenvalue weighted by Crippen LogP contribution is -2.08. The topological polar surface area (TPSA) is 62.7 Å². The minimum atomic E-state index is 0.700. The molecule has 0 saturated heterocycles. The molecule has 6 heteroatoms. The van der Waals surface area contributed by atoms with Crippen LogP contribution in [0.5, 0.6) is 0 Å². The zero-order chi connectivity index (χ0) is 14.4. The van der Waals surface area contributed by atoms with Gasteiger partial charge < -0.3 is 10.6 Å². The van der Waals surface area contributed by atoms with Gasteiger partial charge in [0.1, 0.15) is 22.5 Å².